The van der Waals surface area contributed by atoms with Crippen LogP contribution in [0.5, 0.6) is 0 Å². The van der Waals surface area contributed by atoms with Gasteiger partial charge in [-0.1, -0.05) is 43.8 Å². The number of nitrogens with zero attached hydrogens (tertiary/aromatic N) is 5. The average Bonchev–Trinajstić information content (AvgIpc) is 3.56. The third kappa shape index (κ3) is 4.50. The first kappa shape index (κ1) is 23.7. The standard InChI is InChI=1S/C26H31N5O3S/c1-18(22(32)16-23-26(2,3)20-9-5-6-10-21(20)29(23)4)35-25-28-27-24(30-11-14-33-15-12-30)31(25)17-19-8-7-13-34-19/h5-10,13,16,18H,11-12,14-15,17H2,1-4H3/b23-16-. The van der Waals surface area contributed by atoms with E-state index in [4.69, 9.17) is 9.15 Å². The molecule has 1 aromatic carbocycles. The lowest BCUT2D eigenvalue weighted by atomic mass is 9.83. The molecule has 9 heteroatoms. The van der Waals surface area contributed by atoms with Crippen LogP contribution in [0.3, 0.4) is 0 Å². The van der Waals surface area contributed by atoms with Crippen molar-refractivity contribution in [1.29, 1.82) is 0 Å². The summed E-state index contributed by atoms with van der Waals surface area (Å²) < 4.78 is 13.1. The minimum absolute atomic E-state index is 0.0539. The average molecular weight is 494 g/mol. The Labute approximate surface area is 209 Å². The van der Waals surface area contributed by atoms with Crippen LogP contribution in [0.4, 0.5) is 11.6 Å². The fraction of sp³-hybridized carbons (Fsp3) is 0.423. The number of thioether (sulfide) groups is 1. The maximum absolute atomic E-state index is 13.4. The normalized spacial score (nSPS) is 19.3. The number of ether oxygens (including phenoxy) is 1. The summed E-state index contributed by atoms with van der Waals surface area (Å²) in [4.78, 5) is 17.7. The van der Waals surface area contributed by atoms with E-state index in [0.29, 0.717) is 24.9 Å². The van der Waals surface area contributed by atoms with Crippen LogP contribution in [0, 0.1) is 0 Å². The Morgan fingerprint density at radius 3 is 2.66 bits per heavy atom. The molecule has 8 nitrogen and oxygen atoms in total. The number of furan rings is 1. The van der Waals surface area contributed by atoms with Crippen LogP contribution < -0.4 is 9.80 Å². The van der Waals surface area contributed by atoms with Gasteiger partial charge in [0.25, 0.3) is 0 Å². The van der Waals surface area contributed by atoms with E-state index in [2.05, 4.69) is 52.0 Å². The van der Waals surface area contributed by atoms with Gasteiger partial charge in [-0.2, -0.15) is 0 Å². The molecule has 1 fully saturated rings. The maximum atomic E-state index is 13.4. The Kier molecular flexibility index (Phi) is 6.46. The number of hydrogen-bond donors (Lipinski definition) is 0. The first-order chi connectivity index (χ1) is 16.9. The third-order valence-corrected chi connectivity index (χ3v) is 7.89. The molecule has 184 valence electrons. The summed E-state index contributed by atoms with van der Waals surface area (Å²) in [5.41, 5.74) is 3.14. The predicted molar refractivity (Wildman–Crippen MR) is 137 cm³/mol. The number of anilines is 2. The van der Waals surface area contributed by atoms with Crippen LogP contribution >= 0.6 is 11.8 Å². The number of likely N-dealkylation sites (N-methyl/N-ethyl adjacent to an activating group) is 1. The Morgan fingerprint density at radius 2 is 1.94 bits per heavy atom. The number of allylic oxidation sites excluding steroid dienone is 2. The molecule has 0 spiro atoms. The highest BCUT2D eigenvalue weighted by molar-refractivity contribution is 8.00. The summed E-state index contributed by atoms with van der Waals surface area (Å²) in [5, 5.41) is 9.33. The van der Waals surface area contributed by atoms with Gasteiger partial charge in [-0.25, -0.2) is 0 Å². The Bertz CT molecular complexity index is 1230. The van der Waals surface area contributed by atoms with E-state index >= 15 is 0 Å². The van der Waals surface area contributed by atoms with Crippen molar-refractivity contribution < 1.29 is 13.9 Å². The molecule has 0 saturated carbocycles. The molecular formula is C26H31N5O3S. The highest BCUT2D eigenvalue weighted by Crippen LogP contribution is 2.46. The number of morpholine rings is 1. The van der Waals surface area contributed by atoms with Crippen molar-refractivity contribution in [2.75, 3.05) is 43.2 Å². The molecule has 2 aromatic heterocycles. The van der Waals surface area contributed by atoms with Crippen molar-refractivity contribution in [1.82, 2.24) is 14.8 Å². The zero-order valence-corrected chi connectivity index (χ0v) is 21.4. The molecule has 1 atom stereocenters. The lowest BCUT2D eigenvalue weighted by molar-refractivity contribution is -0.114. The Hall–Kier alpha value is -3.04. The molecule has 2 aliphatic heterocycles. The molecule has 2 aliphatic rings. The van der Waals surface area contributed by atoms with E-state index in [1.165, 1.54) is 17.3 Å². The molecule has 0 radical (unpaired) electrons. The van der Waals surface area contributed by atoms with Crippen LogP contribution in [0.2, 0.25) is 0 Å². The molecule has 3 aromatic rings. The molecular weight excluding hydrogens is 462 g/mol. The van der Waals surface area contributed by atoms with Gasteiger partial charge in [-0.3, -0.25) is 9.36 Å². The van der Waals surface area contributed by atoms with Crippen molar-refractivity contribution in [3.05, 3.63) is 65.8 Å². The van der Waals surface area contributed by atoms with E-state index in [9.17, 15) is 4.79 Å². The molecule has 1 unspecified atom stereocenters. The number of aromatic nitrogens is 3. The van der Waals surface area contributed by atoms with Crippen molar-refractivity contribution in [2.24, 2.45) is 0 Å². The quantitative estimate of drug-likeness (QED) is 0.359. The van der Waals surface area contributed by atoms with Crippen LogP contribution in [0.15, 0.2) is 64.0 Å². The number of carbonyl (C=O) groups excluding carboxylic acids is 1. The molecule has 1 saturated heterocycles. The maximum Gasteiger partial charge on any atom is 0.228 e. The smallest absolute Gasteiger partial charge is 0.228 e. The van der Waals surface area contributed by atoms with Gasteiger partial charge in [0.1, 0.15) is 5.76 Å². The van der Waals surface area contributed by atoms with Crippen molar-refractivity contribution in [2.45, 2.75) is 43.1 Å². The second kappa shape index (κ2) is 9.54. The Balaban J connectivity index is 1.39. The van der Waals surface area contributed by atoms with Gasteiger partial charge in [0.05, 0.1) is 31.3 Å². The molecule has 0 aliphatic carbocycles. The highest BCUT2D eigenvalue weighted by Gasteiger charge is 2.39. The summed E-state index contributed by atoms with van der Waals surface area (Å²) in [6, 6.07) is 12.1. The minimum atomic E-state index is -0.326. The summed E-state index contributed by atoms with van der Waals surface area (Å²) >= 11 is 1.43. The van der Waals surface area contributed by atoms with E-state index in [1.54, 1.807) is 12.3 Å². The molecule has 5 rings (SSSR count). The monoisotopic (exact) mass is 493 g/mol. The number of benzene rings is 1. The summed E-state index contributed by atoms with van der Waals surface area (Å²) in [6.45, 7) is 9.59. The van der Waals surface area contributed by atoms with Gasteiger partial charge in [0.2, 0.25) is 5.95 Å². The molecule has 0 amide bonds. The summed E-state index contributed by atoms with van der Waals surface area (Å²) in [5.74, 6) is 1.64. The second-order valence-electron chi connectivity index (χ2n) is 9.44. The number of fused-ring (bicyclic) bond motifs is 1. The number of rotatable bonds is 7. The largest absolute Gasteiger partial charge is 0.467 e. The van der Waals surface area contributed by atoms with Crippen LogP contribution in [0.1, 0.15) is 32.1 Å². The molecule has 0 bridgehead atoms. The first-order valence-electron chi connectivity index (χ1n) is 11.9. The SMILES string of the molecule is CC(Sc1nnc(N2CCOCC2)n1Cc1ccco1)C(=O)/C=C1\N(C)c2ccccc2C1(C)C. The summed E-state index contributed by atoms with van der Waals surface area (Å²) in [6.07, 6.45) is 3.46. The van der Waals surface area contributed by atoms with Crippen molar-refractivity contribution in [3.8, 4) is 0 Å². The van der Waals surface area contributed by atoms with Crippen LogP contribution in [-0.2, 0) is 21.5 Å². The van der Waals surface area contributed by atoms with E-state index in [-0.39, 0.29) is 16.4 Å². The highest BCUT2D eigenvalue weighted by atomic mass is 32.2. The van der Waals surface area contributed by atoms with Crippen molar-refractivity contribution in [3.63, 3.8) is 0 Å². The van der Waals surface area contributed by atoms with E-state index < -0.39 is 0 Å². The zero-order chi connectivity index (χ0) is 24.6. The number of hydrogen-bond acceptors (Lipinski definition) is 8. The van der Waals surface area contributed by atoms with Gasteiger partial charge >= 0.3 is 0 Å². The van der Waals surface area contributed by atoms with E-state index in [0.717, 1.165) is 36.2 Å². The lowest BCUT2D eigenvalue weighted by Gasteiger charge is -2.27. The van der Waals surface area contributed by atoms with Crippen LogP contribution in [0.25, 0.3) is 0 Å². The topological polar surface area (TPSA) is 76.6 Å². The van der Waals surface area contributed by atoms with Crippen molar-refractivity contribution >= 4 is 29.2 Å². The van der Waals surface area contributed by atoms with Gasteiger partial charge in [0.15, 0.2) is 10.9 Å². The van der Waals surface area contributed by atoms with Gasteiger partial charge in [0, 0.05) is 43.0 Å². The molecule has 4 heterocycles. The second-order valence-corrected chi connectivity index (χ2v) is 10.7. The van der Waals surface area contributed by atoms with E-state index in [1.807, 2.05) is 36.7 Å². The fourth-order valence-electron chi connectivity index (χ4n) is 4.79. The number of carbonyl (C=O) groups is 1. The van der Waals surface area contributed by atoms with Gasteiger partial charge < -0.3 is 19.0 Å². The molecule has 0 N–H and O–H groups in total. The molecule has 35 heavy (non-hydrogen) atoms. The zero-order valence-electron chi connectivity index (χ0n) is 20.6. The number of ketones is 1. The lowest BCUT2D eigenvalue weighted by Crippen LogP contribution is -2.38. The van der Waals surface area contributed by atoms with Gasteiger partial charge in [-0.05, 0) is 30.7 Å². The predicted octanol–water partition coefficient (Wildman–Crippen LogP) is 4.12. The first-order valence-corrected chi connectivity index (χ1v) is 12.8. The number of para-hydroxylation sites is 1. The summed E-state index contributed by atoms with van der Waals surface area (Å²) in [7, 11) is 2.03. The Morgan fingerprint density at radius 1 is 1.17 bits per heavy atom. The minimum Gasteiger partial charge on any atom is -0.467 e. The van der Waals surface area contributed by atoms with Crippen LogP contribution in [-0.4, -0.2) is 59.1 Å². The third-order valence-electron chi connectivity index (χ3n) is 6.79. The van der Waals surface area contributed by atoms with Gasteiger partial charge in [-0.15, -0.1) is 10.2 Å². The fourth-order valence-corrected chi connectivity index (χ4v) is 5.65.